The van der Waals surface area contributed by atoms with E-state index in [0.29, 0.717) is 26.2 Å². The number of imide groups is 1. The van der Waals surface area contributed by atoms with E-state index in [4.69, 9.17) is 4.74 Å². The van der Waals surface area contributed by atoms with Gasteiger partial charge in [0.2, 0.25) is 11.8 Å². The van der Waals surface area contributed by atoms with E-state index in [2.05, 4.69) is 33.4 Å². The lowest BCUT2D eigenvalue weighted by Crippen LogP contribution is -2.44. The lowest BCUT2D eigenvalue weighted by atomic mass is 9.74. The first-order valence-corrected chi connectivity index (χ1v) is 10.4. The summed E-state index contributed by atoms with van der Waals surface area (Å²) in [4.78, 5) is 38.6. The van der Waals surface area contributed by atoms with E-state index in [1.807, 2.05) is 12.1 Å². The van der Waals surface area contributed by atoms with Crippen LogP contribution in [0, 0.1) is 0 Å². The Hall–Kier alpha value is -1.93. The smallest absolute Gasteiger partial charge is 0.326 e. The van der Waals surface area contributed by atoms with Crippen molar-refractivity contribution in [3.63, 3.8) is 0 Å². The molecule has 2 heterocycles. The molecular weight excluding hydrogens is 426 g/mol. The van der Waals surface area contributed by atoms with Crippen molar-refractivity contribution < 1.29 is 19.1 Å². The molecule has 2 saturated heterocycles. The van der Waals surface area contributed by atoms with Gasteiger partial charge in [0.1, 0.15) is 6.54 Å². The summed E-state index contributed by atoms with van der Waals surface area (Å²) in [6.45, 7) is 2.29. The molecule has 0 atom stereocenters. The number of nitrogens with zero attached hydrogens (tertiary/aromatic N) is 2. The minimum absolute atomic E-state index is 0.0617. The Kier molecular flexibility index (Phi) is 6.72. The van der Waals surface area contributed by atoms with E-state index >= 15 is 0 Å². The first-order valence-electron chi connectivity index (χ1n) is 9.57. The van der Waals surface area contributed by atoms with Crippen molar-refractivity contribution in [2.24, 2.45) is 0 Å². The van der Waals surface area contributed by atoms with Gasteiger partial charge in [0, 0.05) is 49.7 Å². The van der Waals surface area contributed by atoms with Crippen LogP contribution in [0.2, 0.25) is 0 Å². The van der Waals surface area contributed by atoms with Crippen LogP contribution in [0.15, 0.2) is 28.7 Å². The molecule has 0 saturated carbocycles. The summed E-state index contributed by atoms with van der Waals surface area (Å²) in [6.07, 6.45) is 2.45. The molecule has 2 fully saturated rings. The molecule has 0 aromatic heterocycles. The average Bonchev–Trinajstić information content (AvgIpc) is 2.93. The number of rotatable bonds is 7. The van der Waals surface area contributed by atoms with Crippen molar-refractivity contribution >= 4 is 33.8 Å². The van der Waals surface area contributed by atoms with E-state index in [1.165, 1.54) is 15.4 Å². The molecule has 28 heavy (non-hydrogen) atoms. The molecule has 1 aromatic rings. The highest BCUT2D eigenvalue weighted by Crippen LogP contribution is 2.35. The molecule has 4 amide bonds. The summed E-state index contributed by atoms with van der Waals surface area (Å²) in [5, 5.41) is 3.06. The second kappa shape index (κ2) is 9.05. The van der Waals surface area contributed by atoms with Gasteiger partial charge < -0.3 is 15.0 Å². The van der Waals surface area contributed by atoms with Gasteiger partial charge in [-0.1, -0.05) is 28.1 Å². The molecule has 8 heteroatoms. The van der Waals surface area contributed by atoms with Gasteiger partial charge in [-0.3, -0.25) is 14.5 Å². The van der Waals surface area contributed by atoms with Crippen molar-refractivity contribution in [3.05, 3.63) is 34.3 Å². The standard InChI is InChI=1S/C20H26BrN3O4/c1-23-13-18(26)24(19(23)27)9-3-6-17(25)22-14-20(7-10-28-11-8-20)15-4-2-5-16(21)12-15/h2,4-5,12H,3,6-11,13-14H2,1H3,(H,22,25). The van der Waals surface area contributed by atoms with Crippen LogP contribution >= 0.6 is 15.9 Å². The second-order valence-corrected chi connectivity index (χ2v) is 8.38. The third kappa shape index (κ3) is 4.72. The molecule has 0 unspecified atom stereocenters. The zero-order chi connectivity index (χ0) is 20.1. The SMILES string of the molecule is CN1CC(=O)N(CCCC(=O)NCC2(c3cccc(Br)c3)CCOCC2)C1=O. The molecule has 1 N–H and O–H groups in total. The van der Waals surface area contributed by atoms with Gasteiger partial charge >= 0.3 is 6.03 Å². The lowest BCUT2D eigenvalue weighted by molar-refractivity contribution is -0.126. The van der Waals surface area contributed by atoms with E-state index in [0.717, 1.165) is 17.3 Å². The molecule has 152 valence electrons. The van der Waals surface area contributed by atoms with Crippen LogP contribution in [0.5, 0.6) is 0 Å². The number of hydrogen-bond acceptors (Lipinski definition) is 4. The van der Waals surface area contributed by atoms with Crippen LogP contribution in [-0.4, -0.2) is 67.5 Å². The Balaban J connectivity index is 1.53. The first kappa shape index (κ1) is 20.8. The fraction of sp³-hybridized carbons (Fsp3) is 0.550. The largest absolute Gasteiger partial charge is 0.381 e. The number of amides is 4. The second-order valence-electron chi connectivity index (χ2n) is 7.47. The molecule has 0 bridgehead atoms. The monoisotopic (exact) mass is 451 g/mol. The number of carbonyl (C=O) groups is 3. The third-order valence-electron chi connectivity index (χ3n) is 5.53. The van der Waals surface area contributed by atoms with Gasteiger partial charge in [-0.2, -0.15) is 0 Å². The average molecular weight is 452 g/mol. The number of halogens is 1. The van der Waals surface area contributed by atoms with Crippen LogP contribution in [0.1, 0.15) is 31.2 Å². The Bertz CT molecular complexity index is 749. The van der Waals surface area contributed by atoms with Crippen LogP contribution in [0.25, 0.3) is 0 Å². The highest BCUT2D eigenvalue weighted by atomic mass is 79.9. The van der Waals surface area contributed by atoms with E-state index in [-0.39, 0.29) is 42.8 Å². The quantitative estimate of drug-likeness (QED) is 0.644. The van der Waals surface area contributed by atoms with Crippen LogP contribution in [0.3, 0.4) is 0 Å². The Labute approximate surface area is 173 Å². The molecule has 2 aliphatic rings. The fourth-order valence-electron chi connectivity index (χ4n) is 3.79. The molecule has 1 aromatic carbocycles. The number of nitrogens with one attached hydrogen (secondary N) is 1. The Morgan fingerprint density at radius 1 is 1.29 bits per heavy atom. The normalized spacial score (nSPS) is 19.2. The third-order valence-corrected chi connectivity index (χ3v) is 6.02. The van der Waals surface area contributed by atoms with Crippen LogP contribution in [0.4, 0.5) is 4.79 Å². The van der Waals surface area contributed by atoms with Crippen molar-refractivity contribution in [3.8, 4) is 0 Å². The van der Waals surface area contributed by atoms with E-state index in [1.54, 1.807) is 7.05 Å². The van der Waals surface area contributed by atoms with Gasteiger partial charge in [0.25, 0.3) is 0 Å². The summed E-state index contributed by atoms with van der Waals surface area (Å²) >= 11 is 3.53. The zero-order valence-corrected chi connectivity index (χ0v) is 17.7. The topological polar surface area (TPSA) is 79.0 Å². The summed E-state index contributed by atoms with van der Waals surface area (Å²) < 4.78 is 6.56. The van der Waals surface area contributed by atoms with Crippen molar-refractivity contribution in [1.82, 2.24) is 15.1 Å². The number of likely N-dealkylation sites (N-methyl/N-ethyl adjacent to an activating group) is 1. The van der Waals surface area contributed by atoms with Gasteiger partial charge in [-0.15, -0.1) is 0 Å². The highest BCUT2D eigenvalue weighted by molar-refractivity contribution is 9.10. The van der Waals surface area contributed by atoms with Gasteiger partial charge in [-0.05, 0) is 37.0 Å². The predicted octanol–water partition coefficient (Wildman–Crippen LogP) is 2.29. The summed E-state index contributed by atoms with van der Waals surface area (Å²) in [7, 11) is 1.60. The highest BCUT2D eigenvalue weighted by Gasteiger charge is 2.35. The summed E-state index contributed by atoms with van der Waals surface area (Å²) in [5.41, 5.74) is 1.06. The summed E-state index contributed by atoms with van der Waals surface area (Å²) in [5.74, 6) is -0.267. The van der Waals surface area contributed by atoms with Crippen LogP contribution in [-0.2, 0) is 19.7 Å². The number of ether oxygens (including phenoxy) is 1. The molecule has 0 spiro atoms. The molecule has 2 aliphatic heterocycles. The van der Waals surface area contributed by atoms with Gasteiger partial charge in [0.15, 0.2) is 0 Å². The molecule has 7 nitrogen and oxygen atoms in total. The summed E-state index contributed by atoms with van der Waals surface area (Å²) in [6, 6.07) is 7.93. The minimum atomic E-state index is -0.291. The Morgan fingerprint density at radius 2 is 2.04 bits per heavy atom. The van der Waals surface area contributed by atoms with Gasteiger partial charge in [-0.25, -0.2) is 4.79 Å². The first-order chi connectivity index (χ1) is 13.4. The molecule has 0 radical (unpaired) electrons. The van der Waals surface area contributed by atoms with Crippen molar-refractivity contribution in [1.29, 1.82) is 0 Å². The Morgan fingerprint density at radius 3 is 2.68 bits per heavy atom. The maximum atomic E-state index is 12.4. The molecule has 0 aliphatic carbocycles. The number of carbonyl (C=O) groups excluding carboxylic acids is 3. The maximum absolute atomic E-state index is 12.4. The zero-order valence-electron chi connectivity index (χ0n) is 16.1. The number of benzene rings is 1. The molecule has 3 rings (SSSR count). The fourth-order valence-corrected chi connectivity index (χ4v) is 4.19. The van der Waals surface area contributed by atoms with Crippen LogP contribution < -0.4 is 5.32 Å². The molecular formula is C20H26BrN3O4. The minimum Gasteiger partial charge on any atom is -0.381 e. The van der Waals surface area contributed by atoms with E-state index < -0.39 is 0 Å². The lowest BCUT2D eigenvalue weighted by Gasteiger charge is -2.38. The van der Waals surface area contributed by atoms with E-state index in [9.17, 15) is 14.4 Å². The predicted molar refractivity (Wildman–Crippen MR) is 108 cm³/mol. The van der Waals surface area contributed by atoms with Crippen molar-refractivity contribution in [2.75, 3.05) is 39.9 Å². The van der Waals surface area contributed by atoms with Gasteiger partial charge in [0.05, 0.1) is 0 Å². The number of urea groups is 1. The van der Waals surface area contributed by atoms with Crippen molar-refractivity contribution in [2.45, 2.75) is 31.1 Å². The maximum Gasteiger partial charge on any atom is 0.326 e. The number of hydrogen-bond donors (Lipinski definition) is 1.